The molecule has 0 bridgehead atoms. The van der Waals surface area contributed by atoms with E-state index in [1.807, 2.05) is 24.5 Å². The highest BCUT2D eigenvalue weighted by Crippen LogP contribution is 2.27. The molecule has 1 N–H and O–H groups in total. The van der Waals surface area contributed by atoms with Crippen LogP contribution >= 0.6 is 11.8 Å². The largest absolute Gasteiger partial charge is 0.507 e. The molecule has 3 heteroatoms. The predicted molar refractivity (Wildman–Crippen MR) is 49.2 cm³/mol. The van der Waals surface area contributed by atoms with Gasteiger partial charge in [0.2, 0.25) is 0 Å². The molecule has 0 saturated heterocycles. The molecule has 62 valence electrons. The van der Waals surface area contributed by atoms with Crippen LogP contribution < -0.4 is 0 Å². The van der Waals surface area contributed by atoms with Gasteiger partial charge in [-0.3, -0.25) is 0 Å². The number of nitrogens with zero attached hydrogens (tertiary/aromatic N) is 1. The summed E-state index contributed by atoms with van der Waals surface area (Å²) in [6, 6.07) is 7.35. The maximum absolute atomic E-state index is 9.39. The summed E-state index contributed by atoms with van der Waals surface area (Å²) in [4.78, 5) is 0.844. The van der Waals surface area contributed by atoms with Crippen molar-refractivity contribution < 1.29 is 5.11 Å². The fourth-order valence-electron chi connectivity index (χ4n) is 0.937. The number of phenolic OH excluding ortho intramolecular Hbond substituents is 1. The molecule has 0 unspecified atom stereocenters. The topological polar surface area (TPSA) is 44.0 Å². The van der Waals surface area contributed by atoms with Gasteiger partial charge in [-0.2, -0.15) is 5.26 Å². The van der Waals surface area contributed by atoms with Gasteiger partial charge in [0.1, 0.15) is 5.75 Å². The van der Waals surface area contributed by atoms with Crippen LogP contribution in [0.4, 0.5) is 0 Å². The summed E-state index contributed by atoms with van der Waals surface area (Å²) in [5.74, 6) is 0.259. The first-order valence-corrected chi connectivity index (χ1v) is 4.73. The van der Waals surface area contributed by atoms with Gasteiger partial charge in [-0.05, 0) is 24.0 Å². The first-order chi connectivity index (χ1) is 5.77. The van der Waals surface area contributed by atoms with E-state index >= 15 is 0 Å². The van der Waals surface area contributed by atoms with E-state index in [9.17, 15) is 5.11 Å². The highest BCUT2D eigenvalue weighted by atomic mass is 32.2. The van der Waals surface area contributed by atoms with E-state index in [-0.39, 0.29) is 5.75 Å². The number of aromatic hydroxyl groups is 1. The third-order valence-electron chi connectivity index (χ3n) is 1.53. The molecule has 12 heavy (non-hydrogen) atoms. The molecule has 0 atom stereocenters. The molecule has 0 aliphatic heterocycles. The van der Waals surface area contributed by atoms with Crippen molar-refractivity contribution in [1.82, 2.24) is 0 Å². The maximum Gasteiger partial charge on any atom is 0.129 e. The van der Waals surface area contributed by atoms with E-state index in [1.165, 1.54) is 11.8 Å². The van der Waals surface area contributed by atoms with Gasteiger partial charge in [0.05, 0.1) is 12.5 Å². The zero-order valence-corrected chi connectivity index (χ0v) is 7.56. The predicted octanol–water partition coefficient (Wildman–Crippen LogP) is 2.18. The van der Waals surface area contributed by atoms with Crippen LogP contribution in [-0.4, -0.2) is 11.4 Å². The van der Waals surface area contributed by atoms with Crippen LogP contribution in [-0.2, 0) is 6.42 Å². The second kappa shape index (κ2) is 4.03. The van der Waals surface area contributed by atoms with E-state index in [4.69, 9.17) is 5.26 Å². The third kappa shape index (κ3) is 1.93. The number of hydrogen-bond donors (Lipinski definition) is 1. The van der Waals surface area contributed by atoms with E-state index < -0.39 is 0 Å². The molecule has 0 aliphatic rings. The molecule has 0 aromatic heterocycles. The summed E-state index contributed by atoms with van der Waals surface area (Å²) < 4.78 is 0. The fourth-order valence-corrected chi connectivity index (χ4v) is 1.41. The molecular formula is C9H9NOS. The number of hydrogen-bond acceptors (Lipinski definition) is 3. The Bertz CT molecular complexity index is 317. The second-order valence-corrected chi connectivity index (χ2v) is 3.19. The Balaban J connectivity index is 2.95. The van der Waals surface area contributed by atoms with E-state index in [1.54, 1.807) is 6.07 Å². The Morgan fingerprint density at radius 3 is 2.83 bits per heavy atom. The first kappa shape index (κ1) is 8.95. The van der Waals surface area contributed by atoms with Crippen molar-refractivity contribution in [1.29, 1.82) is 5.26 Å². The minimum absolute atomic E-state index is 0.259. The molecule has 1 aromatic carbocycles. The van der Waals surface area contributed by atoms with Gasteiger partial charge < -0.3 is 5.11 Å². The average Bonchev–Trinajstić information content (AvgIpc) is 2.05. The Hall–Kier alpha value is -1.14. The lowest BCUT2D eigenvalue weighted by Crippen LogP contribution is -1.81. The van der Waals surface area contributed by atoms with Crippen LogP contribution in [0, 0.1) is 11.3 Å². The normalized spacial score (nSPS) is 9.33. The van der Waals surface area contributed by atoms with Crippen molar-refractivity contribution >= 4 is 11.8 Å². The standard InChI is InChI=1S/C9H9NOS/c1-12-9-3-2-7(4-5-10)6-8(9)11/h2-3,6,11H,4H2,1H3. The van der Waals surface area contributed by atoms with Gasteiger partial charge in [-0.25, -0.2) is 0 Å². The van der Waals surface area contributed by atoms with Crippen molar-refractivity contribution in [2.45, 2.75) is 11.3 Å². The molecule has 0 radical (unpaired) electrons. The van der Waals surface area contributed by atoms with E-state index in [2.05, 4.69) is 0 Å². The zero-order chi connectivity index (χ0) is 8.97. The number of nitriles is 1. The molecule has 2 nitrogen and oxygen atoms in total. The fraction of sp³-hybridized carbons (Fsp3) is 0.222. The van der Waals surface area contributed by atoms with Crippen molar-refractivity contribution in [3.8, 4) is 11.8 Å². The highest BCUT2D eigenvalue weighted by molar-refractivity contribution is 7.98. The molecule has 0 spiro atoms. The Morgan fingerprint density at radius 1 is 1.58 bits per heavy atom. The third-order valence-corrected chi connectivity index (χ3v) is 2.31. The van der Waals surface area contributed by atoms with E-state index in [0.29, 0.717) is 6.42 Å². The Kier molecular flexibility index (Phi) is 3.01. The van der Waals surface area contributed by atoms with Gasteiger partial charge in [0.15, 0.2) is 0 Å². The average molecular weight is 179 g/mol. The summed E-state index contributed by atoms with van der Waals surface area (Å²) in [7, 11) is 0. The smallest absolute Gasteiger partial charge is 0.129 e. The first-order valence-electron chi connectivity index (χ1n) is 3.50. The summed E-state index contributed by atoms with van der Waals surface area (Å²) in [6.07, 6.45) is 2.25. The van der Waals surface area contributed by atoms with Crippen LogP contribution in [0.3, 0.4) is 0 Å². The molecule has 1 aromatic rings. The van der Waals surface area contributed by atoms with Crippen molar-refractivity contribution in [3.63, 3.8) is 0 Å². The van der Waals surface area contributed by atoms with Crippen LogP contribution in [0.1, 0.15) is 5.56 Å². The monoisotopic (exact) mass is 179 g/mol. The van der Waals surface area contributed by atoms with Crippen LogP contribution in [0.25, 0.3) is 0 Å². The summed E-state index contributed by atoms with van der Waals surface area (Å²) in [5.41, 5.74) is 0.854. The molecule has 0 amide bonds. The summed E-state index contributed by atoms with van der Waals surface area (Å²) >= 11 is 1.49. The number of phenols is 1. The molecule has 0 heterocycles. The maximum atomic E-state index is 9.39. The molecule has 0 saturated carbocycles. The van der Waals surface area contributed by atoms with Crippen molar-refractivity contribution in [3.05, 3.63) is 23.8 Å². The number of rotatable bonds is 2. The van der Waals surface area contributed by atoms with Gasteiger partial charge in [-0.15, -0.1) is 11.8 Å². The highest BCUT2D eigenvalue weighted by Gasteiger charge is 2.00. The summed E-state index contributed by atoms with van der Waals surface area (Å²) in [5, 5.41) is 17.8. The van der Waals surface area contributed by atoms with Crippen molar-refractivity contribution in [2.24, 2.45) is 0 Å². The van der Waals surface area contributed by atoms with Gasteiger partial charge in [-0.1, -0.05) is 6.07 Å². The zero-order valence-electron chi connectivity index (χ0n) is 6.74. The van der Waals surface area contributed by atoms with Gasteiger partial charge in [0, 0.05) is 4.90 Å². The number of thioether (sulfide) groups is 1. The van der Waals surface area contributed by atoms with Crippen molar-refractivity contribution in [2.75, 3.05) is 6.26 Å². The minimum Gasteiger partial charge on any atom is -0.507 e. The molecule has 0 fully saturated rings. The Labute approximate surface area is 75.8 Å². The lowest BCUT2D eigenvalue weighted by molar-refractivity contribution is 0.462. The number of benzene rings is 1. The van der Waals surface area contributed by atoms with Gasteiger partial charge in [0.25, 0.3) is 0 Å². The minimum atomic E-state index is 0.259. The summed E-state index contributed by atoms with van der Waals surface area (Å²) in [6.45, 7) is 0. The lowest BCUT2D eigenvalue weighted by atomic mass is 10.1. The SMILES string of the molecule is CSc1ccc(CC#N)cc1O. The second-order valence-electron chi connectivity index (χ2n) is 2.34. The lowest BCUT2D eigenvalue weighted by Gasteiger charge is -2.01. The Morgan fingerprint density at radius 2 is 2.33 bits per heavy atom. The molecule has 1 rings (SSSR count). The van der Waals surface area contributed by atoms with Gasteiger partial charge >= 0.3 is 0 Å². The molecule has 0 aliphatic carbocycles. The molecular weight excluding hydrogens is 170 g/mol. The quantitative estimate of drug-likeness (QED) is 0.708. The van der Waals surface area contributed by atoms with E-state index in [0.717, 1.165) is 10.5 Å². The van der Waals surface area contributed by atoms with Crippen LogP contribution in [0.15, 0.2) is 23.1 Å². The van der Waals surface area contributed by atoms with Crippen LogP contribution in [0.2, 0.25) is 0 Å². The van der Waals surface area contributed by atoms with Crippen LogP contribution in [0.5, 0.6) is 5.75 Å².